The molecule has 25 heteroatoms. The van der Waals surface area contributed by atoms with Crippen LogP contribution in [-0.4, -0.2) is 245 Å². The van der Waals surface area contributed by atoms with E-state index in [0.717, 1.165) is 12.0 Å². The zero-order valence-corrected chi connectivity index (χ0v) is 48.4. The number of allylic oxidation sites excluding steroid dienone is 3. The van der Waals surface area contributed by atoms with Crippen LogP contribution >= 0.6 is 0 Å². The summed E-state index contributed by atoms with van der Waals surface area (Å²) in [7, 11) is 0. The molecular formula is C58H92O25. The molecule has 0 aromatic rings. The number of unbranched alkanes of at least 4 members (excludes halogenated alkanes) is 1. The van der Waals surface area contributed by atoms with Gasteiger partial charge in [0.25, 0.3) is 0 Å². The third-order valence-electron chi connectivity index (χ3n) is 21.9. The van der Waals surface area contributed by atoms with Gasteiger partial charge < -0.3 is 114 Å². The monoisotopic (exact) mass is 1190 g/mol. The molecule has 0 radical (unpaired) electrons. The van der Waals surface area contributed by atoms with Gasteiger partial charge in [-0.2, -0.15) is 0 Å². The Morgan fingerprint density at radius 1 is 0.651 bits per heavy atom. The maximum absolute atomic E-state index is 13.4. The van der Waals surface area contributed by atoms with Crippen LogP contribution in [0.15, 0.2) is 23.8 Å². The minimum Gasteiger partial charge on any atom is -0.479 e. The average molecular weight is 1190 g/mol. The minimum atomic E-state index is -2.24. The van der Waals surface area contributed by atoms with Crippen molar-refractivity contribution in [3.8, 4) is 0 Å². The van der Waals surface area contributed by atoms with Crippen molar-refractivity contribution in [2.24, 2.45) is 50.2 Å². The number of carbonyl (C=O) groups excluding carboxylic acids is 1. The number of carboxylic acids is 1. The largest absolute Gasteiger partial charge is 0.479 e. The molecule has 4 aliphatic heterocycles. The van der Waals surface area contributed by atoms with Crippen LogP contribution in [-0.2, 0) is 52.2 Å². The molecule has 0 bridgehead atoms. The molecule has 5 aliphatic carbocycles. The number of aliphatic carboxylic acids is 1. The number of hydrogen-bond acceptors (Lipinski definition) is 24. The first kappa shape index (κ1) is 65.0. The van der Waals surface area contributed by atoms with Crippen LogP contribution < -0.4 is 0 Å². The van der Waals surface area contributed by atoms with Crippen LogP contribution in [0.1, 0.15) is 113 Å². The summed E-state index contributed by atoms with van der Waals surface area (Å²) in [4.78, 5) is 26.5. The summed E-state index contributed by atoms with van der Waals surface area (Å²) in [6, 6.07) is 0. The number of hydrogen-bond donors (Lipinski definition) is 14. The Morgan fingerprint density at radius 2 is 1.30 bits per heavy atom. The van der Waals surface area contributed by atoms with Crippen LogP contribution in [0.25, 0.3) is 0 Å². The van der Waals surface area contributed by atoms with Crippen molar-refractivity contribution >= 4 is 11.9 Å². The lowest BCUT2D eigenvalue weighted by molar-refractivity contribution is -0.400. The summed E-state index contributed by atoms with van der Waals surface area (Å²) in [6.45, 7) is 12.0. The van der Waals surface area contributed by atoms with Crippen molar-refractivity contribution in [1.29, 1.82) is 0 Å². The second kappa shape index (κ2) is 24.5. The SMILES string of the molecule is CCC/C=C\C(=O)O[C@H]1CC(C)(C)C[C@@H]2C3=CC[C@H]4[C@@]5(C)CC[C@H](O[C@@H]6O[C@H](C(=O)O)[C@@H](O)[C@H](O[C@@H]7OC[C@H](O)[C@H](O)[C@H]7O[C@@H]7OC[C@@H](O)[C@H](O)[C@H]7O)[C@H]6O[C@@H]6O[C@H](CO)[C@H](O)[C@H](O)[C@H]6O)[C@@](C)(CO)[C@@H]5CC[C@@]4(C)[C@]3(C)C[C@@H](O)[C@@]12CO. The van der Waals surface area contributed by atoms with Crippen LogP contribution in [0.2, 0.25) is 0 Å². The fourth-order valence-corrected chi connectivity index (χ4v) is 17.0. The van der Waals surface area contributed by atoms with Gasteiger partial charge in [0, 0.05) is 11.5 Å². The molecule has 474 valence electrons. The molecular weight excluding hydrogens is 1100 g/mol. The van der Waals surface area contributed by atoms with Gasteiger partial charge in [-0.25, -0.2) is 9.59 Å². The number of carboxylic acid groups (broad SMARTS) is 1. The van der Waals surface area contributed by atoms with Crippen LogP contribution in [0.3, 0.4) is 0 Å². The summed E-state index contributed by atoms with van der Waals surface area (Å²) in [5.74, 6) is -2.88. The molecule has 8 fully saturated rings. The molecule has 0 amide bonds. The van der Waals surface area contributed by atoms with Crippen molar-refractivity contribution in [3.05, 3.63) is 23.8 Å². The maximum atomic E-state index is 13.4. The van der Waals surface area contributed by atoms with E-state index in [1.54, 1.807) is 6.08 Å². The maximum Gasteiger partial charge on any atom is 0.335 e. The van der Waals surface area contributed by atoms with Crippen LogP contribution in [0.5, 0.6) is 0 Å². The first-order chi connectivity index (χ1) is 39.0. The van der Waals surface area contributed by atoms with Gasteiger partial charge in [-0.15, -0.1) is 0 Å². The molecule has 4 heterocycles. The average Bonchev–Trinajstić information content (AvgIpc) is 2.10. The topological polar surface area (TPSA) is 400 Å². The Morgan fingerprint density at radius 3 is 1.95 bits per heavy atom. The minimum absolute atomic E-state index is 0.0393. The van der Waals surface area contributed by atoms with E-state index in [9.17, 15) is 81.1 Å². The normalized spacial score (nSPS) is 51.6. The standard InChI is InChI=1S/C58H92O25/c1-8-9-10-11-36(65)78-35-20-53(2,3)18-27-26-12-13-32-54(4)16-15-34(55(5,24-60)31(54)14-17-56(32,6)57(26,7)19-33(64)58(27,35)25-61)79-52-47(83-50-42(71)40(69)39(68)30(21-59)77-50)44(43(72)45(81-52)48(73)74)80-51-46(38(67)29(63)23-76-51)82-49-41(70)37(66)28(62)22-75-49/h10-12,27-35,37-47,49-52,59-64,66-72H,8-9,13-25H2,1-7H3,(H,73,74)/b11-10-/t27-,28-,29+,30-,31-,32+,33-,34+,35+,37+,38+,39+,40+,41-,42-,43+,44+,45+,46-,47-,49+,50+,51+,52-,54+,55+,56-,57-,58+/m1/s1. The number of fused-ring (bicyclic) bond motifs is 7. The number of carbonyl (C=O) groups is 2. The number of aliphatic hydroxyl groups is 13. The van der Waals surface area contributed by atoms with Gasteiger partial charge in [0.15, 0.2) is 31.3 Å². The van der Waals surface area contributed by atoms with Gasteiger partial charge in [0.2, 0.25) is 0 Å². The summed E-state index contributed by atoms with van der Waals surface area (Å²) in [5, 5.41) is 155. The third kappa shape index (κ3) is 11.1. The molecule has 9 aliphatic rings. The number of esters is 1. The van der Waals surface area contributed by atoms with E-state index >= 15 is 0 Å². The van der Waals surface area contributed by atoms with Crippen molar-refractivity contribution in [2.45, 2.75) is 242 Å². The summed E-state index contributed by atoms with van der Waals surface area (Å²) in [6.07, 6.45) is -25.8. The van der Waals surface area contributed by atoms with Gasteiger partial charge >= 0.3 is 11.9 Å². The van der Waals surface area contributed by atoms with E-state index in [1.807, 2.05) is 13.8 Å². The van der Waals surface area contributed by atoms with Crippen molar-refractivity contribution < 1.29 is 124 Å². The van der Waals surface area contributed by atoms with E-state index in [-0.39, 0.29) is 36.2 Å². The first-order valence-corrected chi connectivity index (χ1v) is 29.6. The Balaban J connectivity index is 1.04. The second-order valence-electron chi connectivity index (χ2n) is 27.1. The van der Waals surface area contributed by atoms with E-state index in [1.165, 1.54) is 6.08 Å². The molecule has 83 heavy (non-hydrogen) atoms. The van der Waals surface area contributed by atoms with Gasteiger partial charge in [-0.1, -0.05) is 72.6 Å². The second-order valence-corrected chi connectivity index (χ2v) is 27.1. The molecule has 0 unspecified atom stereocenters. The Labute approximate surface area is 483 Å². The fraction of sp³-hybridized carbons (Fsp3) is 0.897. The molecule has 4 saturated heterocycles. The molecule has 29 atom stereocenters. The molecule has 9 rings (SSSR count). The van der Waals surface area contributed by atoms with E-state index in [2.05, 4.69) is 40.7 Å². The highest BCUT2D eigenvalue weighted by Crippen LogP contribution is 2.76. The Bertz CT molecular complexity index is 2340. The Kier molecular flexibility index (Phi) is 19.2. The summed E-state index contributed by atoms with van der Waals surface area (Å²) in [5.41, 5.74) is -3.04. The highest BCUT2D eigenvalue weighted by molar-refractivity contribution is 5.82. The predicted molar refractivity (Wildman–Crippen MR) is 283 cm³/mol. The zero-order valence-electron chi connectivity index (χ0n) is 48.4. The first-order valence-electron chi connectivity index (χ1n) is 29.6. The molecule has 14 N–H and O–H groups in total. The lowest BCUT2D eigenvalue weighted by Crippen LogP contribution is -2.70. The summed E-state index contributed by atoms with van der Waals surface area (Å²) < 4.78 is 54.7. The van der Waals surface area contributed by atoms with Crippen LogP contribution in [0.4, 0.5) is 0 Å². The van der Waals surface area contributed by atoms with Crippen molar-refractivity contribution in [3.63, 3.8) is 0 Å². The number of aliphatic hydroxyl groups excluding tert-OH is 13. The van der Waals surface area contributed by atoms with Crippen LogP contribution in [0, 0.1) is 50.2 Å². The van der Waals surface area contributed by atoms with Gasteiger partial charge in [0.1, 0.15) is 85.5 Å². The predicted octanol–water partition coefficient (Wildman–Crippen LogP) is -1.37. The Hall–Kier alpha value is -2.42. The molecule has 0 aromatic carbocycles. The third-order valence-corrected chi connectivity index (χ3v) is 21.9. The highest BCUT2D eigenvalue weighted by atomic mass is 16.8. The highest BCUT2D eigenvalue weighted by Gasteiger charge is 2.72. The number of ether oxygens (including phenoxy) is 9. The molecule has 0 spiro atoms. The van der Waals surface area contributed by atoms with E-state index in [0.29, 0.717) is 51.4 Å². The lowest BCUT2D eigenvalue weighted by atomic mass is 9.33. The summed E-state index contributed by atoms with van der Waals surface area (Å²) >= 11 is 0. The number of rotatable bonds is 16. The smallest absolute Gasteiger partial charge is 0.335 e. The van der Waals surface area contributed by atoms with Crippen molar-refractivity contribution in [1.82, 2.24) is 0 Å². The molecule has 4 saturated carbocycles. The fourth-order valence-electron chi connectivity index (χ4n) is 17.0. The van der Waals surface area contributed by atoms with Gasteiger partial charge in [0.05, 0.1) is 50.7 Å². The van der Waals surface area contributed by atoms with E-state index in [4.69, 9.17) is 42.6 Å². The van der Waals surface area contributed by atoms with Gasteiger partial charge in [-0.05, 0) is 97.2 Å². The zero-order chi connectivity index (χ0) is 60.7. The lowest BCUT2D eigenvalue weighted by Gasteiger charge is -2.72. The van der Waals surface area contributed by atoms with Gasteiger partial charge in [-0.3, -0.25) is 0 Å². The quantitative estimate of drug-likeness (QED) is 0.0367. The molecule has 25 nitrogen and oxygen atoms in total. The van der Waals surface area contributed by atoms with Crippen molar-refractivity contribution in [2.75, 3.05) is 33.0 Å². The molecule has 0 aromatic heterocycles. The van der Waals surface area contributed by atoms with E-state index < -0.39 is 194 Å².